The van der Waals surface area contributed by atoms with E-state index in [9.17, 15) is 18.5 Å². The molecule has 1 aromatic rings. The molecule has 8 nitrogen and oxygen atoms in total. The Labute approximate surface area is 105 Å². The van der Waals surface area contributed by atoms with Gasteiger partial charge >= 0.3 is 5.69 Å². The zero-order chi connectivity index (χ0) is 13.8. The number of hydrogen-bond acceptors (Lipinski definition) is 6. The van der Waals surface area contributed by atoms with E-state index in [-0.39, 0.29) is 23.8 Å². The summed E-state index contributed by atoms with van der Waals surface area (Å²) in [6, 6.07) is 1.52. The monoisotopic (exact) mass is 274 g/mol. The topological polar surface area (TPSA) is 114 Å². The minimum atomic E-state index is -3.34. The van der Waals surface area contributed by atoms with E-state index in [0.717, 1.165) is 0 Å². The molecule has 9 heteroatoms. The second-order valence-corrected chi connectivity index (χ2v) is 5.58. The van der Waals surface area contributed by atoms with Gasteiger partial charge in [0, 0.05) is 18.3 Å². The highest BCUT2D eigenvalue weighted by Crippen LogP contribution is 2.24. The summed E-state index contributed by atoms with van der Waals surface area (Å²) in [7, 11) is -2.03. The molecule has 0 aliphatic rings. The van der Waals surface area contributed by atoms with Crippen LogP contribution < -0.4 is 10.0 Å². The largest absolute Gasteiger partial charge is 0.363 e. The van der Waals surface area contributed by atoms with Crippen molar-refractivity contribution in [2.75, 3.05) is 24.7 Å². The van der Waals surface area contributed by atoms with Crippen molar-refractivity contribution in [3.05, 3.63) is 27.9 Å². The van der Waals surface area contributed by atoms with Crippen molar-refractivity contribution < 1.29 is 13.3 Å². The Hall–Kier alpha value is -1.74. The molecule has 0 bridgehead atoms. The van der Waals surface area contributed by atoms with E-state index in [4.69, 9.17) is 0 Å². The van der Waals surface area contributed by atoms with Gasteiger partial charge in [0.1, 0.15) is 0 Å². The lowest BCUT2D eigenvalue weighted by Gasteiger charge is -2.07. The van der Waals surface area contributed by atoms with Crippen LogP contribution >= 0.6 is 0 Å². The van der Waals surface area contributed by atoms with Crippen LogP contribution in [0.4, 0.5) is 11.5 Å². The lowest BCUT2D eigenvalue weighted by molar-refractivity contribution is -0.384. The molecular weight excluding hydrogens is 260 g/mol. The molecule has 0 radical (unpaired) electrons. The van der Waals surface area contributed by atoms with Gasteiger partial charge in [-0.1, -0.05) is 0 Å². The van der Waals surface area contributed by atoms with Crippen LogP contribution in [0.15, 0.2) is 12.3 Å². The first-order valence-electron chi connectivity index (χ1n) is 5.12. The van der Waals surface area contributed by atoms with Crippen LogP contribution in [-0.4, -0.2) is 37.7 Å². The van der Waals surface area contributed by atoms with Crippen molar-refractivity contribution in [2.24, 2.45) is 0 Å². The molecule has 2 N–H and O–H groups in total. The van der Waals surface area contributed by atoms with E-state index in [1.807, 2.05) is 0 Å². The molecule has 0 spiro atoms. The highest BCUT2D eigenvalue weighted by molar-refractivity contribution is 7.89. The average molecular weight is 274 g/mol. The summed E-state index contributed by atoms with van der Waals surface area (Å²) in [6.07, 6.45) is 1.43. The Morgan fingerprint density at radius 3 is 2.72 bits per heavy atom. The van der Waals surface area contributed by atoms with E-state index in [1.165, 1.54) is 19.3 Å². The number of hydrogen-bond donors (Lipinski definition) is 2. The highest BCUT2D eigenvalue weighted by atomic mass is 32.2. The molecule has 0 unspecified atom stereocenters. The lowest BCUT2D eigenvalue weighted by Crippen LogP contribution is -2.26. The molecule has 0 aromatic carbocycles. The molecule has 0 atom stereocenters. The maximum absolute atomic E-state index is 11.2. The highest BCUT2D eigenvalue weighted by Gasteiger charge is 2.18. The number of anilines is 1. The average Bonchev–Trinajstić information content (AvgIpc) is 2.28. The molecule has 0 aliphatic carbocycles. The molecule has 100 valence electrons. The fraction of sp³-hybridized carbons (Fsp3) is 0.444. The molecule has 18 heavy (non-hydrogen) atoms. The Morgan fingerprint density at radius 2 is 2.17 bits per heavy atom. The zero-order valence-electron chi connectivity index (χ0n) is 10.0. The standard InChI is InChI=1S/C9H14N4O4S/c1-7-3-4-11-9(8(7)13(14)15)12-5-6-18(16,17)10-2/h3-4,10H,5-6H2,1-2H3,(H,11,12). The third-order valence-electron chi connectivity index (χ3n) is 2.28. The fourth-order valence-corrected chi connectivity index (χ4v) is 1.89. The second kappa shape index (κ2) is 5.74. The molecule has 0 amide bonds. The molecule has 1 heterocycles. The third-order valence-corrected chi connectivity index (χ3v) is 3.65. The Bertz CT molecular complexity index is 543. The summed E-state index contributed by atoms with van der Waals surface area (Å²) in [6.45, 7) is 1.63. The van der Waals surface area contributed by atoms with Crippen molar-refractivity contribution in [1.82, 2.24) is 9.71 Å². The first kappa shape index (κ1) is 14.3. The predicted molar refractivity (Wildman–Crippen MR) is 67.0 cm³/mol. The Morgan fingerprint density at radius 1 is 1.50 bits per heavy atom. The molecule has 0 fully saturated rings. The molecular formula is C9H14N4O4S. The van der Waals surface area contributed by atoms with Gasteiger partial charge in [0.2, 0.25) is 15.8 Å². The van der Waals surface area contributed by atoms with Crippen LogP contribution in [0.2, 0.25) is 0 Å². The summed E-state index contributed by atoms with van der Waals surface area (Å²) in [5, 5.41) is 13.5. The van der Waals surface area contributed by atoms with Gasteiger partial charge in [-0.05, 0) is 20.0 Å². The number of nitro groups is 1. The van der Waals surface area contributed by atoms with Gasteiger partial charge in [0.15, 0.2) is 0 Å². The molecule has 1 rings (SSSR count). The van der Waals surface area contributed by atoms with Crippen molar-refractivity contribution in [3.63, 3.8) is 0 Å². The Kier molecular flexibility index (Phi) is 4.56. The second-order valence-electron chi connectivity index (χ2n) is 3.53. The van der Waals surface area contributed by atoms with Crippen LogP contribution in [0.1, 0.15) is 5.56 Å². The SMILES string of the molecule is CNS(=O)(=O)CCNc1nccc(C)c1[N+](=O)[O-]. The summed E-state index contributed by atoms with van der Waals surface area (Å²) in [5.41, 5.74) is 0.327. The van der Waals surface area contributed by atoms with E-state index in [2.05, 4.69) is 15.0 Å². The number of nitrogens with zero attached hydrogens (tertiary/aromatic N) is 2. The van der Waals surface area contributed by atoms with E-state index in [1.54, 1.807) is 6.92 Å². The van der Waals surface area contributed by atoms with Crippen LogP contribution in [0.5, 0.6) is 0 Å². The van der Waals surface area contributed by atoms with Gasteiger partial charge < -0.3 is 5.32 Å². The quantitative estimate of drug-likeness (QED) is 0.568. The van der Waals surface area contributed by atoms with Crippen LogP contribution in [-0.2, 0) is 10.0 Å². The molecule has 0 aliphatic heterocycles. The maximum atomic E-state index is 11.2. The van der Waals surface area contributed by atoms with Gasteiger partial charge in [-0.3, -0.25) is 10.1 Å². The normalized spacial score (nSPS) is 11.2. The fourth-order valence-electron chi connectivity index (χ4n) is 1.32. The van der Waals surface area contributed by atoms with Crippen molar-refractivity contribution >= 4 is 21.5 Å². The maximum Gasteiger partial charge on any atom is 0.314 e. The van der Waals surface area contributed by atoms with Crippen molar-refractivity contribution in [3.8, 4) is 0 Å². The van der Waals surface area contributed by atoms with Gasteiger partial charge in [-0.25, -0.2) is 18.1 Å². The minimum Gasteiger partial charge on any atom is -0.363 e. The Balaban J connectivity index is 2.80. The molecule has 0 saturated heterocycles. The van der Waals surface area contributed by atoms with Crippen LogP contribution in [0.25, 0.3) is 0 Å². The van der Waals surface area contributed by atoms with Gasteiger partial charge in [-0.2, -0.15) is 0 Å². The zero-order valence-corrected chi connectivity index (χ0v) is 10.8. The van der Waals surface area contributed by atoms with Gasteiger partial charge in [-0.15, -0.1) is 0 Å². The first-order valence-corrected chi connectivity index (χ1v) is 6.77. The van der Waals surface area contributed by atoms with Crippen molar-refractivity contribution in [2.45, 2.75) is 6.92 Å². The van der Waals surface area contributed by atoms with E-state index >= 15 is 0 Å². The van der Waals surface area contributed by atoms with E-state index < -0.39 is 14.9 Å². The number of sulfonamides is 1. The minimum absolute atomic E-state index is 0.0421. The van der Waals surface area contributed by atoms with Gasteiger partial charge in [0.05, 0.1) is 10.7 Å². The number of aromatic nitrogens is 1. The number of nitrogens with one attached hydrogen (secondary N) is 2. The number of pyridine rings is 1. The third kappa shape index (κ3) is 3.64. The summed E-state index contributed by atoms with van der Waals surface area (Å²) in [4.78, 5) is 14.1. The van der Waals surface area contributed by atoms with Crippen LogP contribution in [0.3, 0.4) is 0 Å². The lowest BCUT2D eigenvalue weighted by atomic mass is 10.2. The number of aryl methyl sites for hydroxylation is 1. The summed E-state index contributed by atoms with van der Waals surface area (Å²) in [5.74, 6) is -0.109. The summed E-state index contributed by atoms with van der Waals surface area (Å²) >= 11 is 0. The predicted octanol–water partition coefficient (Wildman–Crippen LogP) is 0.259. The van der Waals surface area contributed by atoms with Gasteiger partial charge in [0.25, 0.3) is 0 Å². The summed E-state index contributed by atoms with van der Waals surface area (Å²) < 4.78 is 24.5. The van der Waals surface area contributed by atoms with E-state index in [0.29, 0.717) is 5.56 Å². The first-order chi connectivity index (χ1) is 8.37. The molecule has 0 saturated carbocycles. The van der Waals surface area contributed by atoms with Crippen molar-refractivity contribution in [1.29, 1.82) is 0 Å². The van der Waals surface area contributed by atoms with Crippen LogP contribution in [0, 0.1) is 17.0 Å². The molecule has 1 aromatic heterocycles. The smallest absolute Gasteiger partial charge is 0.314 e. The number of rotatable bonds is 6.